The normalized spacial score (nSPS) is 18.9. The molecule has 0 aromatic carbocycles. The van der Waals surface area contributed by atoms with Crippen LogP contribution in [0.2, 0.25) is 0 Å². The number of nitrogens with zero attached hydrogens (tertiary/aromatic N) is 4. The first-order valence-corrected chi connectivity index (χ1v) is 8.49. The number of anilines is 1. The van der Waals surface area contributed by atoms with Crippen molar-refractivity contribution in [1.29, 1.82) is 0 Å². The Kier molecular flexibility index (Phi) is 4.99. The van der Waals surface area contributed by atoms with Gasteiger partial charge in [0.1, 0.15) is 0 Å². The Morgan fingerprint density at radius 2 is 2.33 bits per heavy atom. The zero-order valence-electron chi connectivity index (χ0n) is 14.5. The van der Waals surface area contributed by atoms with Gasteiger partial charge < -0.3 is 4.52 Å². The van der Waals surface area contributed by atoms with E-state index in [-0.39, 0.29) is 11.8 Å². The number of aryl methyl sites for hydroxylation is 1. The third-order valence-corrected chi connectivity index (χ3v) is 4.53. The molecule has 0 radical (unpaired) electrons. The highest BCUT2D eigenvalue weighted by molar-refractivity contribution is 5.91. The van der Waals surface area contributed by atoms with Crippen LogP contribution in [-0.4, -0.2) is 45.4 Å². The number of likely N-dealkylation sites (tertiary alicyclic amines) is 1. The second-order valence-corrected chi connectivity index (χ2v) is 6.77. The summed E-state index contributed by atoms with van der Waals surface area (Å²) in [5.41, 5.74) is 2.08. The monoisotopic (exact) mass is 331 g/mol. The molecular formula is C17H25N5O2. The summed E-state index contributed by atoms with van der Waals surface area (Å²) in [6.45, 7) is 6.26. The number of nitrogens with one attached hydrogen (secondary N) is 1. The van der Waals surface area contributed by atoms with Gasteiger partial charge in [0.25, 0.3) is 0 Å². The molecule has 3 heterocycles. The van der Waals surface area contributed by atoms with E-state index >= 15 is 0 Å². The van der Waals surface area contributed by atoms with Crippen LogP contribution in [0.4, 0.5) is 5.88 Å². The van der Waals surface area contributed by atoms with Gasteiger partial charge in [0.2, 0.25) is 11.8 Å². The Bertz CT molecular complexity index is 691. The molecule has 0 bridgehead atoms. The zero-order valence-corrected chi connectivity index (χ0v) is 14.5. The van der Waals surface area contributed by atoms with Gasteiger partial charge in [-0.15, -0.1) is 0 Å². The maximum absolute atomic E-state index is 12.3. The second kappa shape index (κ2) is 7.17. The van der Waals surface area contributed by atoms with E-state index in [4.69, 9.17) is 4.52 Å². The molecule has 3 rings (SSSR count). The van der Waals surface area contributed by atoms with Crippen molar-refractivity contribution in [2.75, 3.05) is 25.0 Å². The summed E-state index contributed by atoms with van der Waals surface area (Å²) in [6.07, 6.45) is 4.05. The molecule has 1 aliphatic rings. The third kappa shape index (κ3) is 3.84. The fraction of sp³-hybridized carbons (Fsp3) is 0.588. The topological polar surface area (TPSA) is 76.2 Å². The van der Waals surface area contributed by atoms with Gasteiger partial charge in [-0.1, -0.05) is 19.0 Å². The number of hydrogen-bond acceptors (Lipinski definition) is 5. The van der Waals surface area contributed by atoms with Gasteiger partial charge in [0.15, 0.2) is 0 Å². The van der Waals surface area contributed by atoms with E-state index in [0.717, 1.165) is 31.6 Å². The zero-order chi connectivity index (χ0) is 17.1. The average Bonchev–Trinajstić information content (AvgIpc) is 3.16. The summed E-state index contributed by atoms with van der Waals surface area (Å²) in [6, 6.07) is 3.85. The molecule has 0 saturated carbocycles. The molecule has 7 nitrogen and oxygen atoms in total. The smallest absolute Gasteiger partial charge is 0.240 e. The number of piperidine rings is 1. The lowest BCUT2D eigenvalue weighted by Crippen LogP contribution is -2.40. The Morgan fingerprint density at radius 1 is 1.50 bits per heavy atom. The molecule has 1 fully saturated rings. The van der Waals surface area contributed by atoms with Crippen molar-refractivity contribution in [2.45, 2.75) is 38.5 Å². The first kappa shape index (κ1) is 16.7. The van der Waals surface area contributed by atoms with E-state index in [0.29, 0.717) is 18.3 Å². The molecule has 2 aromatic rings. The van der Waals surface area contributed by atoms with Crippen LogP contribution in [0.25, 0.3) is 0 Å². The van der Waals surface area contributed by atoms with Crippen molar-refractivity contribution in [1.82, 2.24) is 19.8 Å². The maximum Gasteiger partial charge on any atom is 0.240 e. The largest absolute Gasteiger partial charge is 0.338 e. The molecule has 1 atom stereocenters. The molecule has 1 aliphatic heterocycles. The number of rotatable bonds is 5. The number of carbonyl (C=O) groups excluding carboxylic acids is 1. The van der Waals surface area contributed by atoms with Crippen molar-refractivity contribution in [3.63, 3.8) is 0 Å². The minimum absolute atomic E-state index is 0.0629. The van der Waals surface area contributed by atoms with Gasteiger partial charge in [-0.3, -0.25) is 19.7 Å². The summed E-state index contributed by atoms with van der Waals surface area (Å²) in [7, 11) is 1.97. The lowest BCUT2D eigenvalue weighted by atomic mass is 9.94. The molecule has 1 amide bonds. The summed E-state index contributed by atoms with van der Waals surface area (Å²) >= 11 is 0. The SMILES string of the molecule is CC(C)c1cc(NC(=O)CN2CCCC(c3ccnn3C)C2)on1. The highest BCUT2D eigenvalue weighted by Gasteiger charge is 2.25. The van der Waals surface area contributed by atoms with Crippen LogP contribution >= 0.6 is 0 Å². The maximum atomic E-state index is 12.3. The van der Waals surface area contributed by atoms with Crippen molar-refractivity contribution < 1.29 is 9.32 Å². The highest BCUT2D eigenvalue weighted by Crippen LogP contribution is 2.26. The third-order valence-electron chi connectivity index (χ3n) is 4.53. The molecule has 1 N–H and O–H groups in total. The van der Waals surface area contributed by atoms with E-state index in [1.165, 1.54) is 5.69 Å². The Balaban J connectivity index is 1.55. The Hall–Kier alpha value is -2.15. The van der Waals surface area contributed by atoms with Crippen LogP contribution in [-0.2, 0) is 11.8 Å². The second-order valence-electron chi connectivity index (χ2n) is 6.77. The Labute approximate surface area is 142 Å². The van der Waals surface area contributed by atoms with Crippen LogP contribution in [0, 0.1) is 0 Å². The van der Waals surface area contributed by atoms with Gasteiger partial charge in [-0.2, -0.15) is 5.10 Å². The van der Waals surface area contributed by atoms with E-state index in [9.17, 15) is 4.79 Å². The summed E-state index contributed by atoms with van der Waals surface area (Å²) in [4.78, 5) is 14.5. The van der Waals surface area contributed by atoms with E-state index < -0.39 is 0 Å². The van der Waals surface area contributed by atoms with Crippen molar-refractivity contribution in [3.05, 3.63) is 29.7 Å². The lowest BCUT2D eigenvalue weighted by Gasteiger charge is -2.32. The number of carbonyl (C=O) groups is 1. The van der Waals surface area contributed by atoms with Gasteiger partial charge in [0.05, 0.1) is 12.2 Å². The van der Waals surface area contributed by atoms with Crippen LogP contribution in [0.15, 0.2) is 22.9 Å². The fourth-order valence-electron chi connectivity index (χ4n) is 3.23. The minimum Gasteiger partial charge on any atom is -0.338 e. The summed E-state index contributed by atoms with van der Waals surface area (Å²) < 4.78 is 7.10. The molecule has 0 spiro atoms. The predicted octanol–water partition coefficient (Wildman–Crippen LogP) is 2.35. The van der Waals surface area contributed by atoms with Crippen LogP contribution in [0.5, 0.6) is 0 Å². The molecule has 24 heavy (non-hydrogen) atoms. The number of aromatic nitrogens is 3. The quantitative estimate of drug-likeness (QED) is 0.910. The predicted molar refractivity (Wildman–Crippen MR) is 90.8 cm³/mol. The lowest BCUT2D eigenvalue weighted by molar-refractivity contribution is -0.117. The first-order chi connectivity index (χ1) is 11.5. The van der Waals surface area contributed by atoms with E-state index in [1.807, 2.05) is 31.8 Å². The van der Waals surface area contributed by atoms with Crippen LogP contribution < -0.4 is 5.32 Å². The van der Waals surface area contributed by atoms with Crippen molar-refractivity contribution >= 4 is 11.8 Å². The summed E-state index contributed by atoms with van der Waals surface area (Å²) in [5.74, 6) is 1.06. The van der Waals surface area contributed by atoms with Crippen molar-refractivity contribution in [2.24, 2.45) is 7.05 Å². The summed E-state index contributed by atoms with van der Waals surface area (Å²) in [5, 5.41) is 11.0. The molecule has 1 saturated heterocycles. The van der Waals surface area contributed by atoms with Crippen molar-refractivity contribution in [3.8, 4) is 0 Å². The van der Waals surface area contributed by atoms with Gasteiger partial charge in [-0.05, 0) is 31.4 Å². The molecular weight excluding hydrogens is 306 g/mol. The molecule has 0 aliphatic carbocycles. The van der Waals surface area contributed by atoms with Crippen LogP contribution in [0.1, 0.15) is 49.9 Å². The molecule has 7 heteroatoms. The standard InChI is InChI=1S/C17H25N5O2/c1-12(2)14-9-17(24-20-14)19-16(23)11-22-8-4-5-13(10-22)15-6-7-18-21(15)3/h6-7,9,12-13H,4-5,8,10-11H2,1-3H3,(H,19,23). The van der Waals surface area contributed by atoms with Gasteiger partial charge in [-0.25, -0.2) is 0 Å². The van der Waals surface area contributed by atoms with E-state index in [1.54, 1.807) is 6.07 Å². The van der Waals surface area contributed by atoms with Gasteiger partial charge >= 0.3 is 0 Å². The molecule has 2 aromatic heterocycles. The number of hydrogen-bond donors (Lipinski definition) is 1. The molecule has 1 unspecified atom stereocenters. The number of amides is 1. The first-order valence-electron chi connectivity index (χ1n) is 8.49. The minimum atomic E-state index is -0.0629. The average molecular weight is 331 g/mol. The molecule has 130 valence electrons. The highest BCUT2D eigenvalue weighted by atomic mass is 16.5. The Morgan fingerprint density at radius 3 is 3.00 bits per heavy atom. The fourth-order valence-corrected chi connectivity index (χ4v) is 3.23. The van der Waals surface area contributed by atoms with Crippen LogP contribution in [0.3, 0.4) is 0 Å². The van der Waals surface area contributed by atoms with Gasteiger partial charge in [0, 0.05) is 37.5 Å². The van der Waals surface area contributed by atoms with E-state index in [2.05, 4.69) is 26.5 Å².